The third kappa shape index (κ3) is 4.21. The summed E-state index contributed by atoms with van der Waals surface area (Å²) < 4.78 is 32.2. The molecule has 1 aliphatic carbocycles. The van der Waals surface area contributed by atoms with E-state index in [0.717, 1.165) is 29.8 Å². The molecule has 0 saturated carbocycles. The number of hydrogen-bond acceptors (Lipinski definition) is 4. The Morgan fingerprint density at radius 1 is 1.03 bits per heavy atom. The van der Waals surface area contributed by atoms with Crippen LogP contribution in [-0.2, 0) is 34.1 Å². The molecule has 4 rings (SSSR count). The maximum Gasteiger partial charge on any atom is 0.268 e. The first-order chi connectivity index (χ1) is 14.8. The Labute approximate surface area is 184 Å². The molecule has 7 heteroatoms. The first-order valence-corrected chi connectivity index (χ1v) is 12.4. The molecular weight excluding hydrogens is 412 g/mol. The third-order valence-electron chi connectivity index (χ3n) is 6.24. The Hall–Kier alpha value is -2.38. The molecule has 31 heavy (non-hydrogen) atoms. The van der Waals surface area contributed by atoms with E-state index >= 15 is 0 Å². The highest BCUT2D eigenvalue weighted by molar-refractivity contribution is 7.89. The molecule has 0 aromatic heterocycles. The Morgan fingerprint density at radius 2 is 1.77 bits per heavy atom. The topological polar surface area (TPSA) is 66.9 Å². The van der Waals surface area contributed by atoms with E-state index in [1.807, 2.05) is 13.0 Å². The fourth-order valence-electron chi connectivity index (χ4n) is 4.41. The number of benzene rings is 2. The van der Waals surface area contributed by atoms with Gasteiger partial charge in [0.25, 0.3) is 5.91 Å². The maximum atomic E-state index is 13.3. The zero-order chi connectivity index (χ0) is 22.2. The minimum atomic E-state index is -3.50. The van der Waals surface area contributed by atoms with Gasteiger partial charge in [-0.2, -0.15) is 0 Å². The molecule has 6 nitrogen and oxygen atoms in total. The van der Waals surface area contributed by atoms with Crippen molar-refractivity contribution < 1.29 is 17.9 Å². The Bertz CT molecular complexity index is 1090. The van der Waals surface area contributed by atoms with Gasteiger partial charge in [-0.25, -0.2) is 12.7 Å². The first-order valence-electron chi connectivity index (χ1n) is 11.0. The van der Waals surface area contributed by atoms with Gasteiger partial charge in [0.05, 0.1) is 4.90 Å². The number of sulfonamides is 1. The molecular formula is C24H30N2O4S. The molecule has 0 unspecified atom stereocenters. The zero-order valence-electron chi connectivity index (χ0n) is 18.4. The van der Waals surface area contributed by atoms with Gasteiger partial charge in [0.2, 0.25) is 10.0 Å². The summed E-state index contributed by atoms with van der Waals surface area (Å²) in [6.07, 6.45) is 5.23. The van der Waals surface area contributed by atoms with Crippen molar-refractivity contribution in [3.63, 3.8) is 0 Å². The van der Waals surface area contributed by atoms with Gasteiger partial charge in [0.1, 0.15) is 5.75 Å². The SMILES string of the molecule is CC[C@@H](Oc1ccc2c(c1)CCCC2)C(=O)N1CCc2cc(S(=O)(=O)N(C)C)ccc21. The number of anilines is 1. The normalized spacial score (nSPS) is 16.7. The average molecular weight is 443 g/mol. The second-order valence-electron chi connectivity index (χ2n) is 8.47. The molecule has 1 amide bonds. The van der Waals surface area contributed by atoms with Crippen molar-refractivity contribution in [1.29, 1.82) is 0 Å². The smallest absolute Gasteiger partial charge is 0.268 e. The predicted octanol–water partition coefficient (Wildman–Crippen LogP) is 3.56. The minimum absolute atomic E-state index is 0.0813. The van der Waals surface area contributed by atoms with Crippen LogP contribution in [0.1, 0.15) is 42.9 Å². The number of rotatable bonds is 6. The molecule has 0 spiro atoms. The van der Waals surface area contributed by atoms with Crippen LogP contribution in [0.15, 0.2) is 41.3 Å². The van der Waals surface area contributed by atoms with Gasteiger partial charge < -0.3 is 9.64 Å². The molecule has 2 aromatic rings. The maximum absolute atomic E-state index is 13.3. The highest BCUT2D eigenvalue weighted by atomic mass is 32.2. The summed E-state index contributed by atoms with van der Waals surface area (Å²) in [4.78, 5) is 15.3. The molecule has 1 heterocycles. The summed E-state index contributed by atoms with van der Waals surface area (Å²) in [7, 11) is -0.468. The fraction of sp³-hybridized carbons (Fsp3) is 0.458. The van der Waals surface area contributed by atoms with Gasteiger partial charge in [-0.05, 0) is 85.5 Å². The monoisotopic (exact) mass is 442 g/mol. The van der Waals surface area contributed by atoms with Crippen LogP contribution in [0.4, 0.5) is 5.69 Å². The third-order valence-corrected chi connectivity index (χ3v) is 8.05. The van der Waals surface area contributed by atoms with Crippen LogP contribution in [0.25, 0.3) is 0 Å². The molecule has 1 atom stereocenters. The average Bonchev–Trinajstić information content (AvgIpc) is 3.20. The standard InChI is InChI=1S/C24H30N2O4S/c1-4-23(30-20-10-9-17-7-5-6-8-18(17)15-20)24(27)26-14-13-19-16-21(11-12-22(19)26)31(28,29)25(2)3/h9-12,15-16,23H,4-8,13-14H2,1-3H3/t23-/m1/s1. The predicted molar refractivity (Wildman–Crippen MR) is 121 cm³/mol. The van der Waals surface area contributed by atoms with Gasteiger partial charge in [-0.3, -0.25) is 4.79 Å². The van der Waals surface area contributed by atoms with Crippen molar-refractivity contribution in [2.24, 2.45) is 0 Å². The molecule has 1 aliphatic heterocycles. The summed E-state index contributed by atoms with van der Waals surface area (Å²) >= 11 is 0. The number of ether oxygens (including phenoxy) is 1. The van der Waals surface area contributed by atoms with Crippen LogP contribution in [-0.4, -0.2) is 45.4 Å². The summed E-state index contributed by atoms with van der Waals surface area (Å²) in [5.41, 5.74) is 4.36. The zero-order valence-corrected chi connectivity index (χ0v) is 19.2. The summed E-state index contributed by atoms with van der Waals surface area (Å²) in [5, 5.41) is 0. The minimum Gasteiger partial charge on any atom is -0.481 e. The molecule has 0 saturated heterocycles. The van der Waals surface area contributed by atoms with E-state index in [1.165, 1.54) is 42.4 Å². The Kier molecular flexibility index (Phi) is 6.08. The largest absolute Gasteiger partial charge is 0.481 e. The van der Waals surface area contributed by atoms with Crippen LogP contribution in [0.3, 0.4) is 0 Å². The van der Waals surface area contributed by atoms with Gasteiger partial charge >= 0.3 is 0 Å². The second-order valence-corrected chi connectivity index (χ2v) is 10.6. The molecule has 166 valence electrons. The van der Waals surface area contributed by atoms with E-state index in [4.69, 9.17) is 4.74 Å². The number of carbonyl (C=O) groups excluding carboxylic acids is 1. The van der Waals surface area contributed by atoms with E-state index in [9.17, 15) is 13.2 Å². The van der Waals surface area contributed by atoms with Gasteiger partial charge in [-0.1, -0.05) is 13.0 Å². The van der Waals surface area contributed by atoms with Crippen molar-refractivity contribution in [2.45, 2.75) is 56.4 Å². The van der Waals surface area contributed by atoms with E-state index in [-0.39, 0.29) is 10.8 Å². The molecule has 0 fully saturated rings. The van der Waals surface area contributed by atoms with E-state index in [0.29, 0.717) is 19.4 Å². The van der Waals surface area contributed by atoms with E-state index in [2.05, 4.69) is 12.1 Å². The summed E-state index contributed by atoms with van der Waals surface area (Å²) in [5.74, 6) is 0.662. The highest BCUT2D eigenvalue weighted by Crippen LogP contribution is 2.32. The number of amides is 1. The van der Waals surface area contributed by atoms with Crippen molar-refractivity contribution in [3.05, 3.63) is 53.1 Å². The number of carbonyl (C=O) groups is 1. The van der Waals surface area contributed by atoms with Gasteiger partial charge in [-0.15, -0.1) is 0 Å². The van der Waals surface area contributed by atoms with Crippen molar-refractivity contribution in [3.8, 4) is 5.75 Å². The lowest BCUT2D eigenvalue weighted by Gasteiger charge is -2.25. The summed E-state index contributed by atoms with van der Waals surface area (Å²) in [6.45, 7) is 2.48. The molecule has 2 aromatic carbocycles. The van der Waals surface area contributed by atoms with Crippen LogP contribution in [0, 0.1) is 0 Å². The number of fused-ring (bicyclic) bond motifs is 2. The van der Waals surface area contributed by atoms with Crippen LogP contribution in [0.2, 0.25) is 0 Å². The first kappa shape index (κ1) is 21.8. The fourth-order valence-corrected chi connectivity index (χ4v) is 5.36. The molecule has 0 N–H and O–H groups in total. The van der Waals surface area contributed by atoms with Crippen molar-refractivity contribution >= 4 is 21.6 Å². The van der Waals surface area contributed by atoms with Crippen molar-refractivity contribution in [2.75, 3.05) is 25.5 Å². The molecule has 2 aliphatic rings. The number of nitrogens with zero attached hydrogens (tertiary/aromatic N) is 2. The van der Waals surface area contributed by atoms with Crippen LogP contribution >= 0.6 is 0 Å². The van der Waals surface area contributed by atoms with Gasteiger partial charge in [0, 0.05) is 26.3 Å². The summed E-state index contributed by atoms with van der Waals surface area (Å²) in [6, 6.07) is 11.2. The van der Waals surface area contributed by atoms with E-state index < -0.39 is 16.1 Å². The lowest BCUT2D eigenvalue weighted by Crippen LogP contribution is -2.41. The Morgan fingerprint density at radius 3 is 2.48 bits per heavy atom. The second kappa shape index (κ2) is 8.63. The Balaban J connectivity index is 1.53. The highest BCUT2D eigenvalue weighted by Gasteiger charge is 2.32. The molecule has 0 bridgehead atoms. The lowest BCUT2D eigenvalue weighted by atomic mass is 9.92. The van der Waals surface area contributed by atoms with E-state index in [1.54, 1.807) is 23.1 Å². The lowest BCUT2D eigenvalue weighted by molar-refractivity contribution is -0.125. The number of hydrogen-bond donors (Lipinski definition) is 0. The molecule has 0 radical (unpaired) electrons. The number of aryl methyl sites for hydroxylation is 2. The van der Waals surface area contributed by atoms with Crippen molar-refractivity contribution in [1.82, 2.24) is 4.31 Å². The van der Waals surface area contributed by atoms with Crippen LogP contribution in [0.5, 0.6) is 5.75 Å². The van der Waals surface area contributed by atoms with Crippen LogP contribution < -0.4 is 9.64 Å². The quantitative estimate of drug-likeness (QED) is 0.686. The van der Waals surface area contributed by atoms with Gasteiger partial charge in [0.15, 0.2) is 6.10 Å².